The third-order valence-electron chi connectivity index (χ3n) is 7.80. The molecule has 7 heteroatoms. The third-order valence-corrected chi connectivity index (χ3v) is 7.80. The lowest BCUT2D eigenvalue weighted by atomic mass is 9.94. The minimum atomic E-state index is -0.528. The monoisotopic (exact) mass is 528 g/mol. The predicted molar refractivity (Wildman–Crippen MR) is 153 cm³/mol. The number of imide groups is 1. The van der Waals surface area contributed by atoms with Crippen LogP contribution in [0.5, 0.6) is 0 Å². The minimum Gasteiger partial charge on any atom is -0.322 e. The van der Waals surface area contributed by atoms with Crippen molar-refractivity contribution in [1.29, 1.82) is 5.26 Å². The highest BCUT2D eigenvalue weighted by Gasteiger charge is 2.37. The Kier molecular flexibility index (Phi) is 6.75. The number of aromatic nitrogens is 1. The van der Waals surface area contributed by atoms with Crippen LogP contribution in [0.25, 0.3) is 22.4 Å². The Labute approximate surface area is 232 Å². The van der Waals surface area contributed by atoms with Crippen LogP contribution in [-0.2, 0) is 4.79 Å². The molecular weight excluding hydrogens is 500 g/mol. The van der Waals surface area contributed by atoms with Crippen LogP contribution >= 0.6 is 0 Å². The van der Waals surface area contributed by atoms with Crippen molar-refractivity contribution in [2.75, 3.05) is 11.9 Å². The van der Waals surface area contributed by atoms with Gasteiger partial charge in [0.05, 0.1) is 16.8 Å². The maximum atomic E-state index is 13.5. The Bertz CT molecular complexity index is 1610. The molecule has 4 aromatic rings. The van der Waals surface area contributed by atoms with Crippen molar-refractivity contribution in [3.63, 3.8) is 0 Å². The van der Waals surface area contributed by atoms with Crippen molar-refractivity contribution in [2.24, 2.45) is 0 Å². The number of anilines is 1. The largest absolute Gasteiger partial charge is 0.322 e. The molecule has 1 aromatic heterocycles. The smallest absolute Gasteiger partial charge is 0.262 e. The Morgan fingerprint density at radius 1 is 0.800 bits per heavy atom. The fourth-order valence-corrected chi connectivity index (χ4v) is 5.99. The molecule has 0 spiro atoms. The predicted octanol–water partition coefficient (Wildman–Crippen LogP) is 6.43. The molecular formula is C33H28N4O3. The number of hydrogen-bond donors (Lipinski definition) is 1. The second-order valence-corrected chi connectivity index (χ2v) is 10.2. The maximum Gasteiger partial charge on any atom is 0.262 e. The molecule has 2 heterocycles. The lowest BCUT2D eigenvalue weighted by Crippen LogP contribution is -2.37. The van der Waals surface area contributed by atoms with Crippen LogP contribution in [-0.4, -0.2) is 33.7 Å². The summed E-state index contributed by atoms with van der Waals surface area (Å²) in [5, 5.41) is 13.5. The molecule has 1 aliphatic carbocycles. The van der Waals surface area contributed by atoms with E-state index in [1.165, 1.54) is 0 Å². The summed E-state index contributed by atoms with van der Waals surface area (Å²) >= 11 is 0. The first-order valence-corrected chi connectivity index (χ1v) is 13.6. The fourth-order valence-electron chi connectivity index (χ4n) is 5.99. The molecule has 0 unspecified atom stereocenters. The molecule has 1 aliphatic heterocycles. The van der Waals surface area contributed by atoms with Gasteiger partial charge in [0.25, 0.3) is 11.8 Å². The molecule has 6 rings (SSSR count). The van der Waals surface area contributed by atoms with Crippen molar-refractivity contribution in [1.82, 2.24) is 9.47 Å². The molecule has 3 amide bonds. The highest BCUT2D eigenvalue weighted by atomic mass is 16.2. The molecule has 198 valence electrons. The van der Waals surface area contributed by atoms with Gasteiger partial charge in [-0.1, -0.05) is 92.1 Å². The van der Waals surface area contributed by atoms with Crippen LogP contribution in [0.3, 0.4) is 0 Å². The summed E-state index contributed by atoms with van der Waals surface area (Å²) in [7, 11) is 0. The zero-order valence-corrected chi connectivity index (χ0v) is 22.0. The van der Waals surface area contributed by atoms with Gasteiger partial charge in [-0.15, -0.1) is 0 Å². The highest BCUT2D eigenvalue weighted by Crippen LogP contribution is 2.46. The summed E-state index contributed by atoms with van der Waals surface area (Å²) in [6.45, 7) is -0.436. The number of nitriles is 1. The number of hydrogen-bond acceptors (Lipinski definition) is 4. The number of amides is 3. The van der Waals surface area contributed by atoms with E-state index in [9.17, 15) is 19.6 Å². The number of fused-ring (bicyclic) bond motifs is 1. The third kappa shape index (κ3) is 4.38. The number of benzene rings is 3. The number of rotatable bonds is 6. The summed E-state index contributed by atoms with van der Waals surface area (Å²) in [6.07, 6.45) is 5.12. The zero-order valence-electron chi connectivity index (χ0n) is 22.0. The van der Waals surface area contributed by atoms with E-state index in [-0.39, 0.29) is 6.04 Å². The highest BCUT2D eigenvalue weighted by molar-refractivity contribution is 6.22. The van der Waals surface area contributed by atoms with Gasteiger partial charge in [-0.05, 0) is 36.1 Å². The van der Waals surface area contributed by atoms with E-state index in [1.54, 1.807) is 24.3 Å². The maximum absolute atomic E-state index is 13.5. The van der Waals surface area contributed by atoms with E-state index < -0.39 is 24.3 Å². The van der Waals surface area contributed by atoms with E-state index in [4.69, 9.17) is 0 Å². The van der Waals surface area contributed by atoms with Crippen LogP contribution in [0.2, 0.25) is 0 Å². The molecule has 1 saturated carbocycles. The average Bonchev–Trinajstić information content (AvgIpc) is 3.45. The summed E-state index contributed by atoms with van der Waals surface area (Å²) in [4.78, 5) is 40.4. The molecule has 0 atom stereocenters. The van der Waals surface area contributed by atoms with Crippen molar-refractivity contribution >= 4 is 23.5 Å². The number of carbonyl (C=O) groups excluding carboxylic acids is 3. The molecule has 3 aromatic carbocycles. The standard InChI is InChI=1S/C33H28N4O3/c34-20-27-29(22-12-4-1-5-13-22)30(23-14-6-2-7-15-23)37(24-16-8-3-9-17-24)31(27)35-28(38)21-36-32(39)25-18-10-11-19-26(25)33(36)40/h1-2,4-7,10-15,18-19,24H,3,8-9,16-17,21H2,(H,35,38). The van der Waals surface area contributed by atoms with Crippen LogP contribution in [0.4, 0.5) is 5.82 Å². The van der Waals surface area contributed by atoms with Crippen molar-refractivity contribution in [3.05, 3.63) is 102 Å². The summed E-state index contributed by atoms with van der Waals surface area (Å²) in [6, 6.07) is 28.7. The Morgan fingerprint density at radius 3 is 1.93 bits per heavy atom. The SMILES string of the molecule is N#Cc1c(-c2ccccc2)c(-c2ccccc2)n(C2CCCCC2)c1NC(=O)CN1C(=O)c2ccccc2C1=O. The van der Waals surface area contributed by atoms with Crippen LogP contribution in [0.15, 0.2) is 84.9 Å². The van der Waals surface area contributed by atoms with Gasteiger partial charge < -0.3 is 9.88 Å². The lowest BCUT2D eigenvalue weighted by Gasteiger charge is -2.28. The van der Waals surface area contributed by atoms with Crippen LogP contribution in [0.1, 0.15) is 64.4 Å². The lowest BCUT2D eigenvalue weighted by molar-refractivity contribution is -0.116. The first-order chi connectivity index (χ1) is 19.6. The van der Waals surface area contributed by atoms with Crippen LogP contribution < -0.4 is 5.32 Å². The Hall–Kier alpha value is -4.96. The summed E-state index contributed by atoms with van der Waals surface area (Å²) < 4.78 is 2.12. The molecule has 2 aliphatic rings. The van der Waals surface area contributed by atoms with Gasteiger partial charge in [0.2, 0.25) is 5.91 Å². The number of nitrogens with one attached hydrogen (secondary N) is 1. The number of nitrogens with zero attached hydrogens (tertiary/aromatic N) is 3. The molecule has 0 saturated heterocycles. The second kappa shape index (κ2) is 10.7. The van der Waals surface area contributed by atoms with Crippen molar-refractivity contribution in [2.45, 2.75) is 38.1 Å². The van der Waals surface area contributed by atoms with Crippen molar-refractivity contribution in [3.8, 4) is 28.5 Å². The minimum absolute atomic E-state index is 0.0862. The van der Waals surface area contributed by atoms with Gasteiger partial charge in [0.15, 0.2) is 0 Å². The topological polar surface area (TPSA) is 95.2 Å². The quantitative estimate of drug-likeness (QED) is 0.292. The van der Waals surface area contributed by atoms with Gasteiger partial charge >= 0.3 is 0 Å². The van der Waals surface area contributed by atoms with E-state index in [0.29, 0.717) is 22.5 Å². The van der Waals surface area contributed by atoms with E-state index in [1.807, 2.05) is 60.7 Å². The number of carbonyl (C=O) groups is 3. The Morgan fingerprint density at radius 2 is 1.35 bits per heavy atom. The zero-order chi connectivity index (χ0) is 27.6. The second-order valence-electron chi connectivity index (χ2n) is 10.2. The molecule has 0 bridgehead atoms. The summed E-state index contributed by atoms with van der Waals surface area (Å²) in [5.74, 6) is -1.10. The first kappa shape index (κ1) is 25.3. The van der Waals surface area contributed by atoms with Gasteiger partial charge in [-0.25, -0.2) is 0 Å². The molecule has 1 N–H and O–H groups in total. The van der Waals surface area contributed by atoms with E-state index in [2.05, 4.69) is 16.0 Å². The molecule has 40 heavy (non-hydrogen) atoms. The summed E-state index contributed by atoms with van der Waals surface area (Å²) in [5.41, 5.74) is 4.42. The normalized spacial score (nSPS) is 15.1. The van der Waals surface area contributed by atoms with E-state index in [0.717, 1.165) is 59.4 Å². The van der Waals surface area contributed by atoms with E-state index >= 15 is 0 Å². The fraction of sp³-hybridized carbons (Fsp3) is 0.212. The molecule has 0 radical (unpaired) electrons. The van der Waals surface area contributed by atoms with Gasteiger partial charge in [-0.2, -0.15) is 5.26 Å². The van der Waals surface area contributed by atoms with Crippen molar-refractivity contribution < 1.29 is 14.4 Å². The van der Waals surface area contributed by atoms with Gasteiger partial charge in [0, 0.05) is 11.6 Å². The molecule has 7 nitrogen and oxygen atoms in total. The molecule has 1 fully saturated rings. The van der Waals surface area contributed by atoms with Crippen LogP contribution in [0, 0.1) is 11.3 Å². The van der Waals surface area contributed by atoms with Gasteiger partial charge in [0.1, 0.15) is 24.0 Å². The Balaban J connectivity index is 1.46. The van der Waals surface area contributed by atoms with Gasteiger partial charge in [-0.3, -0.25) is 19.3 Å². The first-order valence-electron chi connectivity index (χ1n) is 13.6. The average molecular weight is 529 g/mol.